The van der Waals surface area contributed by atoms with Gasteiger partial charge in [0.2, 0.25) is 0 Å². The summed E-state index contributed by atoms with van der Waals surface area (Å²) in [7, 11) is 0. The molecule has 0 radical (unpaired) electrons. The van der Waals surface area contributed by atoms with E-state index in [2.05, 4.69) is 6.92 Å². The third-order valence-electron chi connectivity index (χ3n) is 5.86. The lowest BCUT2D eigenvalue weighted by atomic mass is 9.98. The maximum Gasteiger partial charge on any atom is 0.343 e. The van der Waals surface area contributed by atoms with Gasteiger partial charge in [0.25, 0.3) is 0 Å². The second-order valence-electron chi connectivity index (χ2n) is 8.51. The van der Waals surface area contributed by atoms with Crippen molar-refractivity contribution in [2.45, 2.75) is 26.7 Å². The van der Waals surface area contributed by atoms with Gasteiger partial charge >= 0.3 is 5.97 Å². The fourth-order valence-electron chi connectivity index (χ4n) is 3.83. The molecule has 0 saturated heterocycles. The van der Waals surface area contributed by atoms with E-state index in [-0.39, 0.29) is 28.2 Å². The van der Waals surface area contributed by atoms with Crippen LogP contribution in [-0.2, 0) is 0 Å². The van der Waals surface area contributed by atoms with Crippen molar-refractivity contribution in [3.8, 4) is 39.5 Å². The normalized spacial score (nSPS) is 10.8. The number of carbonyl (C=O) groups excluding carboxylic acids is 1. The van der Waals surface area contributed by atoms with Gasteiger partial charge in [0.05, 0.1) is 18.8 Å². The highest BCUT2D eigenvalue weighted by Gasteiger charge is 2.17. The number of benzene rings is 4. The summed E-state index contributed by atoms with van der Waals surface area (Å²) in [6.45, 7) is 4.70. The van der Waals surface area contributed by atoms with E-state index in [1.807, 2.05) is 0 Å². The highest BCUT2D eigenvalue weighted by Crippen LogP contribution is 2.33. The summed E-state index contributed by atoms with van der Waals surface area (Å²) in [5, 5.41) is 0. The molecule has 0 fully saturated rings. The molecular formula is C31H27F3O4. The number of ether oxygens (including phenoxy) is 3. The predicted octanol–water partition coefficient (Wildman–Crippen LogP) is 8.23. The molecule has 0 bridgehead atoms. The minimum atomic E-state index is -0.986. The fourth-order valence-corrected chi connectivity index (χ4v) is 3.83. The van der Waals surface area contributed by atoms with Crippen LogP contribution in [0.15, 0.2) is 78.9 Å². The van der Waals surface area contributed by atoms with E-state index in [1.165, 1.54) is 48.5 Å². The molecule has 0 aliphatic heterocycles. The highest BCUT2D eigenvalue weighted by molar-refractivity contribution is 5.91. The summed E-state index contributed by atoms with van der Waals surface area (Å²) in [6.07, 6.45) is 1.96. The Labute approximate surface area is 219 Å². The van der Waals surface area contributed by atoms with Gasteiger partial charge in [-0.15, -0.1) is 0 Å². The molecule has 0 amide bonds. The lowest BCUT2D eigenvalue weighted by molar-refractivity contribution is 0.0734. The number of rotatable bonds is 10. The molecule has 7 heteroatoms. The van der Waals surface area contributed by atoms with Crippen molar-refractivity contribution in [3.05, 3.63) is 102 Å². The molecule has 4 aromatic carbocycles. The Balaban J connectivity index is 1.47. The van der Waals surface area contributed by atoms with Crippen LogP contribution in [0.2, 0.25) is 0 Å². The van der Waals surface area contributed by atoms with Crippen molar-refractivity contribution < 1.29 is 32.2 Å². The predicted molar refractivity (Wildman–Crippen MR) is 140 cm³/mol. The van der Waals surface area contributed by atoms with Crippen molar-refractivity contribution in [3.63, 3.8) is 0 Å². The van der Waals surface area contributed by atoms with E-state index in [0.29, 0.717) is 30.1 Å². The molecule has 0 aromatic heterocycles. The van der Waals surface area contributed by atoms with Crippen LogP contribution in [-0.4, -0.2) is 19.2 Å². The summed E-state index contributed by atoms with van der Waals surface area (Å²) < 4.78 is 60.2. The molecule has 0 aliphatic carbocycles. The van der Waals surface area contributed by atoms with Gasteiger partial charge in [-0.3, -0.25) is 0 Å². The summed E-state index contributed by atoms with van der Waals surface area (Å²) in [4.78, 5) is 12.4. The zero-order chi connectivity index (χ0) is 27.1. The first-order chi connectivity index (χ1) is 18.4. The monoisotopic (exact) mass is 520 g/mol. The zero-order valence-electron chi connectivity index (χ0n) is 21.1. The van der Waals surface area contributed by atoms with E-state index >= 15 is 8.78 Å². The van der Waals surface area contributed by atoms with Crippen LogP contribution in [0, 0.1) is 17.5 Å². The SMILES string of the molecule is CCCCOc1ccc(-c2ccc(-c3ccc(OC(=O)c4ccc(OCC)c(F)c4)cc3)c(F)c2F)cc1. The van der Waals surface area contributed by atoms with Gasteiger partial charge in [-0.1, -0.05) is 49.7 Å². The maximum atomic E-state index is 15.0. The molecule has 0 N–H and O–H groups in total. The Hall–Kier alpha value is -4.26. The molecule has 4 rings (SSSR count). The van der Waals surface area contributed by atoms with E-state index in [9.17, 15) is 9.18 Å². The van der Waals surface area contributed by atoms with E-state index in [0.717, 1.165) is 18.9 Å². The van der Waals surface area contributed by atoms with Gasteiger partial charge in [-0.25, -0.2) is 18.0 Å². The Morgan fingerprint density at radius 1 is 0.711 bits per heavy atom. The molecular weight excluding hydrogens is 493 g/mol. The average molecular weight is 521 g/mol. The van der Waals surface area contributed by atoms with E-state index < -0.39 is 23.4 Å². The molecule has 0 atom stereocenters. The smallest absolute Gasteiger partial charge is 0.343 e. The van der Waals surface area contributed by atoms with Crippen LogP contribution >= 0.6 is 0 Å². The molecule has 0 aliphatic rings. The summed E-state index contributed by atoms with van der Waals surface area (Å²) in [5.41, 5.74) is 1.15. The number of hydrogen-bond donors (Lipinski definition) is 0. The van der Waals surface area contributed by atoms with Crippen LogP contribution in [0.4, 0.5) is 13.2 Å². The van der Waals surface area contributed by atoms with Crippen molar-refractivity contribution in [2.75, 3.05) is 13.2 Å². The van der Waals surface area contributed by atoms with Gasteiger partial charge < -0.3 is 14.2 Å². The number of hydrogen-bond acceptors (Lipinski definition) is 4. The Morgan fingerprint density at radius 2 is 1.29 bits per heavy atom. The molecule has 196 valence electrons. The van der Waals surface area contributed by atoms with Crippen molar-refractivity contribution in [1.82, 2.24) is 0 Å². The van der Waals surface area contributed by atoms with Gasteiger partial charge in [0.15, 0.2) is 23.2 Å². The van der Waals surface area contributed by atoms with Crippen molar-refractivity contribution >= 4 is 5.97 Å². The Kier molecular flexibility index (Phi) is 8.69. The lowest BCUT2D eigenvalue weighted by Gasteiger charge is -2.11. The third-order valence-corrected chi connectivity index (χ3v) is 5.86. The fraction of sp³-hybridized carbons (Fsp3) is 0.194. The number of carbonyl (C=O) groups is 1. The van der Waals surface area contributed by atoms with E-state index in [4.69, 9.17) is 14.2 Å². The second-order valence-corrected chi connectivity index (χ2v) is 8.51. The first-order valence-electron chi connectivity index (χ1n) is 12.4. The largest absolute Gasteiger partial charge is 0.494 e. The minimum absolute atomic E-state index is 0.0132. The highest BCUT2D eigenvalue weighted by atomic mass is 19.2. The standard InChI is InChI=1S/C31H27F3O4/c1-3-5-18-37-23-11-6-20(7-12-23)25-15-16-26(30(34)29(25)33)21-8-13-24(14-9-21)38-31(35)22-10-17-28(36-4-2)27(32)19-22/h6-17,19H,3-5,18H2,1-2H3. The summed E-state index contributed by atoms with van der Waals surface area (Å²) in [6, 6.07) is 19.6. The summed E-state index contributed by atoms with van der Waals surface area (Å²) >= 11 is 0. The number of unbranched alkanes of at least 4 members (excludes halogenated alkanes) is 1. The first kappa shape index (κ1) is 26.8. The quantitative estimate of drug-likeness (QED) is 0.120. The average Bonchev–Trinajstić information content (AvgIpc) is 2.92. The molecule has 0 unspecified atom stereocenters. The number of halogens is 3. The third kappa shape index (κ3) is 6.17. The molecule has 4 aromatic rings. The first-order valence-corrected chi connectivity index (χ1v) is 12.4. The lowest BCUT2D eigenvalue weighted by Crippen LogP contribution is -2.09. The van der Waals surface area contributed by atoms with Gasteiger partial charge in [-0.2, -0.15) is 0 Å². The van der Waals surface area contributed by atoms with Gasteiger partial charge in [-0.05, 0) is 66.9 Å². The molecule has 4 nitrogen and oxygen atoms in total. The van der Waals surface area contributed by atoms with Crippen LogP contribution in [0.3, 0.4) is 0 Å². The maximum absolute atomic E-state index is 15.0. The zero-order valence-corrected chi connectivity index (χ0v) is 21.1. The van der Waals surface area contributed by atoms with E-state index in [1.54, 1.807) is 31.2 Å². The summed E-state index contributed by atoms with van der Waals surface area (Å²) in [5.74, 6) is -2.49. The van der Waals surface area contributed by atoms with Gasteiger partial charge in [0, 0.05) is 11.1 Å². The Bertz CT molecular complexity index is 1400. The molecule has 0 heterocycles. The van der Waals surface area contributed by atoms with Crippen LogP contribution in [0.1, 0.15) is 37.0 Å². The second kappa shape index (κ2) is 12.3. The number of esters is 1. The van der Waals surface area contributed by atoms with Crippen LogP contribution < -0.4 is 14.2 Å². The van der Waals surface area contributed by atoms with Crippen molar-refractivity contribution in [2.24, 2.45) is 0 Å². The minimum Gasteiger partial charge on any atom is -0.494 e. The van der Waals surface area contributed by atoms with Crippen LogP contribution in [0.25, 0.3) is 22.3 Å². The van der Waals surface area contributed by atoms with Crippen LogP contribution in [0.5, 0.6) is 17.2 Å². The molecule has 0 saturated carbocycles. The molecule has 0 spiro atoms. The van der Waals surface area contributed by atoms with Gasteiger partial charge in [0.1, 0.15) is 11.5 Å². The topological polar surface area (TPSA) is 44.8 Å². The Morgan fingerprint density at radius 3 is 1.82 bits per heavy atom. The van der Waals surface area contributed by atoms with Crippen molar-refractivity contribution in [1.29, 1.82) is 0 Å². The molecule has 38 heavy (non-hydrogen) atoms.